The molecule has 1 aromatic carbocycles. The van der Waals surface area contributed by atoms with Crippen LogP contribution in [0.1, 0.15) is 24.0 Å². The number of halogens is 1. The number of para-hydroxylation sites is 1. The number of amides is 5. The van der Waals surface area contributed by atoms with Gasteiger partial charge in [-0.1, -0.05) is 29.8 Å². The predicted octanol–water partition coefficient (Wildman–Crippen LogP) is 2.70. The highest BCUT2D eigenvalue weighted by Crippen LogP contribution is 2.25. The number of benzene rings is 1. The Labute approximate surface area is 226 Å². The SMILES string of the molecule is CN(C)C(=O)/C(=C\N(C=O)CC(=O)N1CCC(N2CCc3ccccc3NC2=O)CC1)c1cncc(Cl)c1. The van der Waals surface area contributed by atoms with Gasteiger partial charge in [-0.2, -0.15) is 0 Å². The lowest BCUT2D eigenvalue weighted by Crippen LogP contribution is -2.51. The number of aromatic nitrogens is 1. The minimum absolute atomic E-state index is 0.0232. The van der Waals surface area contributed by atoms with Crippen LogP contribution in [0, 0.1) is 0 Å². The Morgan fingerprint density at radius 2 is 1.89 bits per heavy atom. The van der Waals surface area contributed by atoms with Crippen LogP contribution in [0.25, 0.3) is 5.57 Å². The zero-order chi connectivity index (χ0) is 27.2. The van der Waals surface area contributed by atoms with Gasteiger partial charge in [-0.15, -0.1) is 0 Å². The molecule has 2 aromatic rings. The Balaban J connectivity index is 1.39. The van der Waals surface area contributed by atoms with Crippen LogP contribution in [0.5, 0.6) is 0 Å². The molecule has 1 saturated heterocycles. The molecule has 10 nitrogen and oxygen atoms in total. The molecule has 1 fully saturated rings. The standard InChI is InChI=1S/C27H31ClN6O4/c1-31(2)26(37)23(20-13-21(28)15-29-14-20)16-32(18-35)17-25(36)33-10-8-22(9-11-33)34-12-7-19-5-3-4-6-24(19)30-27(34)38/h3-6,13-16,18,22H,7-12,17H2,1-2H3,(H,30,38)/b23-16-. The van der Waals surface area contributed by atoms with Crippen molar-refractivity contribution in [2.45, 2.75) is 25.3 Å². The highest BCUT2D eigenvalue weighted by Gasteiger charge is 2.31. The van der Waals surface area contributed by atoms with Gasteiger partial charge in [0, 0.05) is 69.6 Å². The Kier molecular flexibility index (Phi) is 8.62. The second-order valence-corrected chi connectivity index (χ2v) is 9.99. The van der Waals surface area contributed by atoms with Gasteiger partial charge in [-0.25, -0.2) is 4.79 Å². The molecular weight excluding hydrogens is 508 g/mol. The maximum atomic E-state index is 13.1. The lowest BCUT2D eigenvalue weighted by Gasteiger charge is -2.38. The molecule has 0 aliphatic carbocycles. The molecule has 1 aromatic heterocycles. The summed E-state index contributed by atoms with van der Waals surface area (Å²) in [6, 6.07) is 9.28. The number of likely N-dealkylation sites (tertiary alicyclic amines) is 1. The number of likely N-dealkylation sites (N-methyl/N-ethyl adjacent to an activating group) is 1. The van der Waals surface area contributed by atoms with Gasteiger partial charge in [0.15, 0.2) is 0 Å². The molecule has 3 heterocycles. The van der Waals surface area contributed by atoms with Crippen molar-refractivity contribution in [2.75, 3.05) is 45.6 Å². The highest BCUT2D eigenvalue weighted by atomic mass is 35.5. The van der Waals surface area contributed by atoms with Crippen molar-refractivity contribution in [1.29, 1.82) is 0 Å². The zero-order valence-corrected chi connectivity index (χ0v) is 22.2. The number of pyridine rings is 1. The first-order chi connectivity index (χ1) is 18.3. The summed E-state index contributed by atoms with van der Waals surface area (Å²) < 4.78 is 0. The Morgan fingerprint density at radius 3 is 2.58 bits per heavy atom. The molecule has 0 bridgehead atoms. The van der Waals surface area contributed by atoms with Crippen molar-refractivity contribution in [1.82, 2.24) is 24.6 Å². The van der Waals surface area contributed by atoms with E-state index in [1.807, 2.05) is 29.2 Å². The summed E-state index contributed by atoms with van der Waals surface area (Å²) in [5, 5.41) is 3.35. The molecule has 0 spiro atoms. The first kappa shape index (κ1) is 27.1. The van der Waals surface area contributed by atoms with Gasteiger partial charge in [0.05, 0.1) is 10.6 Å². The van der Waals surface area contributed by atoms with Crippen molar-refractivity contribution < 1.29 is 19.2 Å². The van der Waals surface area contributed by atoms with E-state index >= 15 is 0 Å². The van der Waals surface area contributed by atoms with E-state index < -0.39 is 0 Å². The van der Waals surface area contributed by atoms with Gasteiger partial charge in [0.25, 0.3) is 5.91 Å². The van der Waals surface area contributed by atoms with E-state index in [1.54, 1.807) is 25.1 Å². The van der Waals surface area contributed by atoms with Gasteiger partial charge < -0.3 is 24.9 Å². The van der Waals surface area contributed by atoms with E-state index in [1.165, 1.54) is 23.5 Å². The molecule has 5 amide bonds. The van der Waals surface area contributed by atoms with Crippen LogP contribution >= 0.6 is 11.6 Å². The van der Waals surface area contributed by atoms with Crippen LogP contribution in [-0.2, 0) is 20.8 Å². The van der Waals surface area contributed by atoms with Gasteiger partial charge in [-0.05, 0) is 37.0 Å². The molecule has 200 valence electrons. The van der Waals surface area contributed by atoms with E-state index in [0.717, 1.165) is 22.6 Å². The van der Waals surface area contributed by atoms with E-state index in [9.17, 15) is 19.2 Å². The summed E-state index contributed by atoms with van der Waals surface area (Å²) in [6.45, 7) is 1.34. The van der Waals surface area contributed by atoms with Gasteiger partial charge in [-0.3, -0.25) is 19.4 Å². The molecule has 0 unspecified atom stereocenters. The quantitative estimate of drug-likeness (QED) is 0.431. The van der Waals surface area contributed by atoms with Crippen LogP contribution in [0.15, 0.2) is 48.9 Å². The molecule has 4 rings (SSSR count). The van der Waals surface area contributed by atoms with E-state index in [-0.39, 0.29) is 36.0 Å². The molecule has 11 heteroatoms. The minimum Gasteiger partial charge on any atom is -0.345 e. The Hall–Kier alpha value is -3.92. The number of rotatable bonds is 7. The lowest BCUT2D eigenvalue weighted by atomic mass is 10.0. The maximum absolute atomic E-state index is 13.1. The summed E-state index contributed by atoms with van der Waals surface area (Å²) in [6.07, 6.45) is 6.85. The summed E-state index contributed by atoms with van der Waals surface area (Å²) in [5.74, 6) is -0.590. The zero-order valence-electron chi connectivity index (χ0n) is 21.5. The van der Waals surface area contributed by atoms with Crippen molar-refractivity contribution in [2.24, 2.45) is 0 Å². The van der Waals surface area contributed by atoms with Crippen LogP contribution in [-0.4, -0.2) is 95.2 Å². The molecule has 2 aliphatic heterocycles. The number of carbonyl (C=O) groups excluding carboxylic acids is 4. The fourth-order valence-corrected chi connectivity index (χ4v) is 4.93. The summed E-state index contributed by atoms with van der Waals surface area (Å²) in [5.41, 5.74) is 2.58. The first-order valence-corrected chi connectivity index (χ1v) is 12.8. The van der Waals surface area contributed by atoms with Crippen molar-refractivity contribution in [3.63, 3.8) is 0 Å². The average molecular weight is 539 g/mol. The second-order valence-electron chi connectivity index (χ2n) is 9.55. The number of piperidine rings is 1. The van der Waals surface area contributed by atoms with Crippen molar-refractivity contribution in [3.05, 3.63) is 65.1 Å². The number of hydrogen-bond acceptors (Lipinski definition) is 5. The number of anilines is 1. The third-order valence-corrected chi connectivity index (χ3v) is 7.01. The maximum Gasteiger partial charge on any atom is 0.322 e. The predicted molar refractivity (Wildman–Crippen MR) is 144 cm³/mol. The van der Waals surface area contributed by atoms with Crippen LogP contribution < -0.4 is 5.32 Å². The number of fused-ring (bicyclic) bond motifs is 1. The van der Waals surface area contributed by atoms with Gasteiger partial charge >= 0.3 is 6.03 Å². The normalized spacial score (nSPS) is 16.3. The van der Waals surface area contributed by atoms with Gasteiger partial charge in [0.1, 0.15) is 6.54 Å². The summed E-state index contributed by atoms with van der Waals surface area (Å²) in [7, 11) is 3.19. The summed E-state index contributed by atoms with van der Waals surface area (Å²) >= 11 is 6.05. The van der Waals surface area contributed by atoms with Crippen LogP contribution in [0.2, 0.25) is 5.02 Å². The fraction of sp³-hybridized carbons (Fsp3) is 0.370. The number of carbonyl (C=O) groups is 4. The smallest absolute Gasteiger partial charge is 0.322 e. The van der Waals surface area contributed by atoms with E-state index in [2.05, 4.69) is 10.3 Å². The van der Waals surface area contributed by atoms with E-state index in [4.69, 9.17) is 11.6 Å². The molecule has 38 heavy (non-hydrogen) atoms. The van der Waals surface area contributed by atoms with Gasteiger partial charge in [0.2, 0.25) is 12.3 Å². The number of nitrogens with zero attached hydrogens (tertiary/aromatic N) is 5. The van der Waals surface area contributed by atoms with E-state index in [0.29, 0.717) is 49.5 Å². The third kappa shape index (κ3) is 6.31. The Bertz CT molecular complexity index is 1240. The molecule has 2 aliphatic rings. The molecule has 1 N–H and O–H groups in total. The topological polar surface area (TPSA) is 106 Å². The third-order valence-electron chi connectivity index (χ3n) is 6.80. The second kappa shape index (κ2) is 12.1. The van der Waals surface area contributed by atoms with Crippen LogP contribution in [0.3, 0.4) is 0 Å². The lowest BCUT2D eigenvalue weighted by molar-refractivity contribution is -0.135. The Morgan fingerprint density at radius 1 is 1.16 bits per heavy atom. The monoisotopic (exact) mass is 538 g/mol. The fourth-order valence-electron chi connectivity index (χ4n) is 4.75. The molecular formula is C27H31ClN6O4. The molecule has 0 radical (unpaired) electrons. The van der Waals surface area contributed by atoms with Crippen molar-refractivity contribution >= 4 is 47.1 Å². The highest BCUT2D eigenvalue weighted by molar-refractivity contribution is 6.31. The first-order valence-electron chi connectivity index (χ1n) is 12.5. The minimum atomic E-state index is -0.355. The molecule has 0 atom stereocenters. The molecule has 0 saturated carbocycles. The van der Waals surface area contributed by atoms with Crippen LogP contribution in [0.4, 0.5) is 10.5 Å². The number of urea groups is 1. The number of nitrogens with one attached hydrogen (secondary N) is 1. The summed E-state index contributed by atoms with van der Waals surface area (Å²) in [4.78, 5) is 60.7. The number of hydrogen-bond donors (Lipinski definition) is 1. The average Bonchev–Trinajstić information content (AvgIpc) is 3.08. The largest absolute Gasteiger partial charge is 0.345 e. The van der Waals surface area contributed by atoms with Crippen molar-refractivity contribution in [3.8, 4) is 0 Å².